The standard InChI is InChI=1S/C15H20F3N3/c16-15(17,18)11-9-12(19)20-13(10-11)21-7-5-14(6-8-21)3-1-2-4-14/h9-10H,1-8H2,(H2,19,20). The van der Waals surface area contributed by atoms with Gasteiger partial charge in [0.25, 0.3) is 0 Å². The number of piperidine rings is 1. The monoisotopic (exact) mass is 299 g/mol. The molecule has 2 fully saturated rings. The number of halogens is 3. The molecule has 2 heterocycles. The smallest absolute Gasteiger partial charge is 0.384 e. The molecule has 6 heteroatoms. The van der Waals surface area contributed by atoms with Gasteiger partial charge in [0.2, 0.25) is 0 Å². The summed E-state index contributed by atoms with van der Waals surface area (Å²) in [7, 11) is 0. The van der Waals surface area contributed by atoms with Gasteiger partial charge in [0.15, 0.2) is 0 Å². The van der Waals surface area contributed by atoms with E-state index in [1.54, 1.807) is 0 Å². The summed E-state index contributed by atoms with van der Waals surface area (Å²) in [6.45, 7) is 1.54. The van der Waals surface area contributed by atoms with Gasteiger partial charge in [-0.05, 0) is 43.2 Å². The summed E-state index contributed by atoms with van der Waals surface area (Å²) >= 11 is 0. The summed E-state index contributed by atoms with van der Waals surface area (Å²) < 4.78 is 38.6. The maximum Gasteiger partial charge on any atom is 0.416 e. The SMILES string of the molecule is Nc1cc(C(F)(F)F)cc(N2CCC3(CCCC3)CC2)n1. The van der Waals surface area contributed by atoms with Crippen molar-refractivity contribution >= 4 is 11.6 Å². The molecule has 3 nitrogen and oxygen atoms in total. The molecule has 0 unspecified atom stereocenters. The summed E-state index contributed by atoms with van der Waals surface area (Å²) in [5.41, 5.74) is 5.26. The van der Waals surface area contributed by atoms with E-state index in [1.165, 1.54) is 25.7 Å². The van der Waals surface area contributed by atoms with Crippen LogP contribution in [-0.4, -0.2) is 18.1 Å². The van der Waals surface area contributed by atoms with Crippen LogP contribution >= 0.6 is 0 Å². The Balaban J connectivity index is 1.77. The predicted octanol–water partition coefficient (Wildman–Crippen LogP) is 3.84. The largest absolute Gasteiger partial charge is 0.416 e. The lowest BCUT2D eigenvalue weighted by molar-refractivity contribution is -0.137. The van der Waals surface area contributed by atoms with Crippen LogP contribution in [0, 0.1) is 5.41 Å². The first-order chi connectivity index (χ1) is 9.88. The zero-order valence-corrected chi connectivity index (χ0v) is 11.9. The van der Waals surface area contributed by atoms with E-state index in [2.05, 4.69) is 4.98 Å². The number of pyridine rings is 1. The fourth-order valence-electron chi connectivity index (χ4n) is 3.70. The third kappa shape index (κ3) is 2.94. The second-order valence-corrected chi connectivity index (χ2v) is 6.33. The van der Waals surface area contributed by atoms with Gasteiger partial charge in [0.1, 0.15) is 11.6 Å². The van der Waals surface area contributed by atoms with Gasteiger partial charge in [0.05, 0.1) is 5.56 Å². The van der Waals surface area contributed by atoms with Gasteiger partial charge in [0, 0.05) is 13.1 Å². The Bertz CT molecular complexity index is 511. The van der Waals surface area contributed by atoms with Crippen LogP contribution in [-0.2, 0) is 6.18 Å². The predicted molar refractivity (Wildman–Crippen MR) is 76.0 cm³/mol. The second-order valence-electron chi connectivity index (χ2n) is 6.33. The normalized spacial score (nSPS) is 22.0. The van der Waals surface area contributed by atoms with Crippen molar-refractivity contribution < 1.29 is 13.2 Å². The van der Waals surface area contributed by atoms with Crippen LogP contribution in [0.3, 0.4) is 0 Å². The number of hydrogen-bond acceptors (Lipinski definition) is 3. The van der Waals surface area contributed by atoms with Gasteiger partial charge in [-0.1, -0.05) is 12.8 Å². The average molecular weight is 299 g/mol. The maximum absolute atomic E-state index is 12.9. The molecule has 1 aromatic heterocycles. The minimum Gasteiger partial charge on any atom is -0.384 e. The topological polar surface area (TPSA) is 42.1 Å². The fourth-order valence-corrected chi connectivity index (χ4v) is 3.70. The Labute approximate surface area is 122 Å². The summed E-state index contributed by atoms with van der Waals surface area (Å²) in [6.07, 6.45) is 2.81. The highest BCUT2D eigenvalue weighted by Crippen LogP contribution is 2.46. The van der Waals surface area contributed by atoms with E-state index in [9.17, 15) is 13.2 Å². The van der Waals surface area contributed by atoms with Crippen molar-refractivity contribution in [1.82, 2.24) is 4.98 Å². The number of nitrogens with two attached hydrogens (primary N) is 1. The van der Waals surface area contributed by atoms with Crippen molar-refractivity contribution in [3.8, 4) is 0 Å². The van der Waals surface area contributed by atoms with Gasteiger partial charge in [-0.2, -0.15) is 13.2 Å². The molecule has 0 bridgehead atoms. The number of nitrogen functional groups attached to an aromatic ring is 1. The highest BCUT2D eigenvalue weighted by atomic mass is 19.4. The van der Waals surface area contributed by atoms with Crippen molar-refractivity contribution in [2.45, 2.75) is 44.7 Å². The number of hydrogen-bond donors (Lipinski definition) is 1. The summed E-state index contributed by atoms with van der Waals surface area (Å²) in [4.78, 5) is 6.03. The minimum absolute atomic E-state index is 0.0685. The zero-order valence-electron chi connectivity index (χ0n) is 11.9. The van der Waals surface area contributed by atoms with Gasteiger partial charge in [-0.25, -0.2) is 4.98 Å². The van der Waals surface area contributed by atoms with Gasteiger partial charge < -0.3 is 10.6 Å². The fraction of sp³-hybridized carbons (Fsp3) is 0.667. The molecule has 2 aliphatic rings. The molecule has 1 aliphatic carbocycles. The van der Waals surface area contributed by atoms with E-state index in [0.29, 0.717) is 11.2 Å². The Morgan fingerprint density at radius 1 is 1.05 bits per heavy atom. The Kier molecular flexibility index (Phi) is 3.50. The van der Waals surface area contributed by atoms with Crippen molar-refractivity contribution in [1.29, 1.82) is 0 Å². The lowest BCUT2D eigenvalue weighted by Crippen LogP contribution is -2.39. The van der Waals surface area contributed by atoms with Crippen LogP contribution in [0.25, 0.3) is 0 Å². The van der Waals surface area contributed by atoms with Crippen LogP contribution in [0.5, 0.6) is 0 Å². The van der Waals surface area contributed by atoms with E-state index in [1.807, 2.05) is 4.90 Å². The molecular weight excluding hydrogens is 279 g/mol. The Morgan fingerprint density at radius 2 is 1.67 bits per heavy atom. The molecule has 0 radical (unpaired) electrons. The number of rotatable bonds is 1. The van der Waals surface area contributed by atoms with Crippen LogP contribution in [0.2, 0.25) is 0 Å². The van der Waals surface area contributed by atoms with Gasteiger partial charge in [-0.15, -0.1) is 0 Å². The molecule has 2 N–H and O–H groups in total. The molecule has 116 valence electrons. The van der Waals surface area contributed by atoms with Crippen molar-refractivity contribution in [3.63, 3.8) is 0 Å². The zero-order chi connectivity index (χ0) is 15.1. The van der Waals surface area contributed by atoms with E-state index in [0.717, 1.165) is 38.1 Å². The molecule has 21 heavy (non-hydrogen) atoms. The molecule has 1 spiro atoms. The Hall–Kier alpha value is -1.46. The molecule has 0 amide bonds. The number of nitrogens with zero attached hydrogens (tertiary/aromatic N) is 2. The van der Waals surface area contributed by atoms with E-state index < -0.39 is 11.7 Å². The minimum atomic E-state index is -4.38. The van der Waals surface area contributed by atoms with Crippen molar-refractivity contribution in [3.05, 3.63) is 17.7 Å². The average Bonchev–Trinajstić information content (AvgIpc) is 2.86. The molecule has 3 rings (SSSR count). The van der Waals surface area contributed by atoms with E-state index >= 15 is 0 Å². The summed E-state index contributed by atoms with van der Waals surface area (Å²) in [6, 6.07) is 2.01. The number of aromatic nitrogens is 1. The van der Waals surface area contributed by atoms with Gasteiger partial charge >= 0.3 is 6.18 Å². The van der Waals surface area contributed by atoms with Crippen LogP contribution < -0.4 is 10.6 Å². The molecule has 0 aromatic carbocycles. The molecule has 0 atom stereocenters. The quantitative estimate of drug-likeness (QED) is 0.856. The van der Waals surface area contributed by atoms with Gasteiger partial charge in [-0.3, -0.25) is 0 Å². The third-order valence-corrected chi connectivity index (χ3v) is 4.97. The van der Waals surface area contributed by atoms with Crippen LogP contribution in [0.1, 0.15) is 44.1 Å². The first-order valence-electron chi connectivity index (χ1n) is 7.48. The van der Waals surface area contributed by atoms with E-state index in [4.69, 9.17) is 5.73 Å². The maximum atomic E-state index is 12.9. The molecular formula is C15H20F3N3. The second kappa shape index (κ2) is 5.07. The Morgan fingerprint density at radius 3 is 2.24 bits per heavy atom. The molecule has 1 saturated heterocycles. The van der Waals surface area contributed by atoms with Crippen molar-refractivity contribution in [2.24, 2.45) is 5.41 Å². The van der Waals surface area contributed by atoms with Crippen LogP contribution in [0.15, 0.2) is 12.1 Å². The number of anilines is 2. The first kappa shape index (κ1) is 14.5. The van der Waals surface area contributed by atoms with E-state index in [-0.39, 0.29) is 5.82 Å². The van der Waals surface area contributed by atoms with Crippen LogP contribution in [0.4, 0.5) is 24.8 Å². The first-order valence-corrected chi connectivity index (χ1v) is 7.48. The molecule has 1 aromatic rings. The summed E-state index contributed by atoms with van der Waals surface area (Å²) in [5, 5.41) is 0. The number of alkyl halides is 3. The lowest BCUT2D eigenvalue weighted by atomic mass is 9.77. The highest BCUT2D eigenvalue weighted by Gasteiger charge is 2.38. The summed E-state index contributed by atoms with van der Waals surface area (Å²) in [5.74, 6) is 0.288. The lowest BCUT2D eigenvalue weighted by Gasteiger charge is -2.40. The highest BCUT2D eigenvalue weighted by molar-refractivity contribution is 5.49. The molecule has 1 saturated carbocycles. The molecule has 1 aliphatic heterocycles. The third-order valence-electron chi connectivity index (χ3n) is 4.97. The van der Waals surface area contributed by atoms with Crippen molar-refractivity contribution in [2.75, 3.05) is 23.7 Å².